The van der Waals surface area contributed by atoms with E-state index in [1.165, 1.54) is 19.3 Å². The van der Waals surface area contributed by atoms with E-state index in [9.17, 15) is 0 Å². The largest absolute Gasteiger partial charge is 0.297 e. The minimum Gasteiger partial charge on any atom is -0.297 e. The molecule has 1 aliphatic rings. The number of rotatable bonds is 2. The van der Waals surface area contributed by atoms with Crippen molar-refractivity contribution < 1.29 is 0 Å². The maximum atomic E-state index is 4.31. The second-order valence-electron chi connectivity index (χ2n) is 2.72. The summed E-state index contributed by atoms with van der Waals surface area (Å²) in [5.41, 5.74) is 0. The minimum atomic E-state index is 1.05. The van der Waals surface area contributed by atoms with Crippen LogP contribution in [0.15, 0.2) is 5.10 Å². The van der Waals surface area contributed by atoms with Crippen LogP contribution < -0.4 is 0 Å². The lowest BCUT2D eigenvalue weighted by molar-refractivity contribution is 0.240. The fourth-order valence-electron chi connectivity index (χ4n) is 1.19. The number of nitrogens with zero attached hydrogens (tertiary/aromatic N) is 2. The molecule has 0 aliphatic carbocycles. The Bertz CT molecular complexity index is 104. The monoisotopic (exact) mass is 140 g/mol. The quantitative estimate of drug-likeness (QED) is 0.535. The maximum Gasteiger partial charge on any atom is 0.0360 e. The molecule has 0 N–H and O–H groups in total. The Morgan fingerprint density at radius 2 is 2.00 bits per heavy atom. The third-order valence-corrected chi connectivity index (χ3v) is 1.76. The highest BCUT2D eigenvalue weighted by atomic mass is 15.4. The fraction of sp³-hybridized carbons (Fsp3) is 0.875. The van der Waals surface area contributed by atoms with Gasteiger partial charge in [-0.25, -0.2) is 0 Å². The molecule has 0 aromatic heterocycles. The van der Waals surface area contributed by atoms with Gasteiger partial charge in [0.25, 0.3) is 0 Å². The molecule has 2 nitrogen and oxygen atoms in total. The van der Waals surface area contributed by atoms with Gasteiger partial charge in [-0.1, -0.05) is 6.92 Å². The van der Waals surface area contributed by atoms with E-state index in [1.54, 1.807) is 0 Å². The lowest BCUT2D eigenvalue weighted by atomic mass is 10.2. The molecule has 10 heavy (non-hydrogen) atoms. The number of piperidine rings is 1. The van der Waals surface area contributed by atoms with Gasteiger partial charge in [-0.05, 0) is 25.7 Å². The lowest BCUT2D eigenvalue weighted by Gasteiger charge is -2.23. The molecule has 0 amide bonds. The van der Waals surface area contributed by atoms with Gasteiger partial charge in [-0.15, -0.1) is 0 Å². The van der Waals surface area contributed by atoms with E-state index in [1.807, 2.05) is 6.21 Å². The van der Waals surface area contributed by atoms with Crippen LogP contribution in [0.2, 0.25) is 0 Å². The van der Waals surface area contributed by atoms with Crippen LogP contribution in [0.5, 0.6) is 0 Å². The van der Waals surface area contributed by atoms with E-state index >= 15 is 0 Å². The van der Waals surface area contributed by atoms with Crippen molar-refractivity contribution in [3.05, 3.63) is 0 Å². The highest BCUT2D eigenvalue weighted by Crippen LogP contribution is 2.07. The SMILES string of the molecule is CC/C=N/N1CCCCC1. The molecule has 1 saturated heterocycles. The van der Waals surface area contributed by atoms with Crippen molar-refractivity contribution >= 4 is 6.21 Å². The third kappa shape index (κ3) is 2.38. The first-order valence-corrected chi connectivity index (χ1v) is 4.21. The zero-order chi connectivity index (χ0) is 7.23. The predicted molar refractivity (Wildman–Crippen MR) is 44.2 cm³/mol. The molecule has 1 fully saturated rings. The molecule has 1 heterocycles. The van der Waals surface area contributed by atoms with E-state index in [2.05, 4.69) is 17.0 Å². The van der Waals surface area contributed by atoms with Crippen molar-refractivity contribution in [1.29, 1.82) is 0 Å². The van der Waals surface area contributed by atoms with Gasteiger partial charge in [0, 0.05) is 19.3 Å². The zero-order valence-corrected chi connectivity index (χ0v) is 6.71. The maximum absolute atomic E-state index is 4.31. The van der Waals surface area contributed by atoms with Crippen LogP contribution in [0.1, 0.15) is 32.6 Å². The van der Waals surface area contributed by atoms with Gasteiger partial charge in [0.2, 0.25) is 0 Å². The van der Waals surface area contributed by atoms with Gasteiger partial charge < -0.3 is 0 Å². The predicted octanol–water partition coefficient (Wildman–Crippen LogP) is 1.87. The van der Waals surface area contributed by atoms with Crippen molar-refractivity contribution in [3.8, 4) is 0 Å². The molecule has 0 saturated carbocycles. The summed E-state index contributed by atoms with van der Waals surface area (Å²) in [4.78, 5) is 0. The average molecular weight is 140 g/mol. The van der Waals surface area contributed by atoms with Gasteiger partial charge in [-0.2, -0.15) is 5.10 Å². The second kappa shape index (κ2) is 4.31. The van der Waals surface area contributed by atoms with Gasteiger partial charge in [0.05, 0.1) is 0 Å². The van der Waals surface area contributed by atoms with Crippen LogP contribution in [-0.4, -0.2) is 24.3 Å². The molecule has 2 heteroatoms. The van der Waals surface area contributed by atoms with E-state index in [0.717, 1.165) is 19.5 Å². The van der Waals surface area contributed by atoms with Crippen molar-refractivity contribution in [2.75, 3.05) is 13.1 Å². The number of hydrogen-bond donors (Lipinski definition) is 0. The topological polar surface area (TPSA) is 15.6 Å². The van der Waals surface area contributed by atoms with E-state index in [0.29, 0.717) is 0 Å². The number of hydrazone groups is 1. The average Bonchev–Trinajstić information content (AvgIpc) is 2.03. The van der Waals surface area contributed by atoms with Gasteiger partial charge in [-0.3, -0.25) is 5.01 Å². The Morgan fingerprint density at radius 3 is 2.60 bits per heavy atom. The van der Waals surface area contributed by atoms with Crippen LogP contribution in [0.4, 0.5) is 0 Å². The van der Waals surface area contributed by atoms with E-state index < -0.39 is 0 Å². The summed E-state index contributed by atoms with van der Waals surface area (Å²) in [6.07, 6.45) is 7.07. The highest BCUT2D eigenvalue weighted by molar-refractivity contribution is 5.56. The van der Waals surface area contributed by atoms with Crippen LogP contribution in [0.3, 0.4) is 0 Å². The molecular weight excluding hydrogens is 124 g/mol. The summed E-state index contributed by atoms with van der Waals surface area (Å²) < 4.78 is 0. The molecule has 0 radical (unpaired) electrons. The zero-order valence-electron chi connectivity index (χ0n) is 6.71. The summed E-state index contributed by atoms with van der Waals surface area (Å²) in [5.74, 6) is 0. The Morgan fingerprint density at radius 1 is 1.30 bits per heavy atom. The fourth-order valence-corrected chi connectivity index (χ4v) is 1.19. The van der Waals surface area contributed by atoms with Crippen LogP contribution in [-0.2, 0) is 0 Å². The van der Waals surface area contributed by atoms with E-state index in [4.69, 9.17) is 0 Å². The Balaban J connectivity index is 2.19. The molecule has 0 atom stereocenters. The summed E-state index contributed by atoms with van der Waals surface area (Å²) in [5, 5.41) is 6.48. The smallest absolute Gasteiger partial charge is 0.0360 e. The Labute approximate surface area is 62.9 Å². The first kappa shape index (κ1) is 7.58. The molecular formula is C8H16N2. The summed E-state index contributed by atoms with van der Waals surface area (Å²) in [6, 6.07) is 0. The third-order valence-electron chi connectivity index (χ3n) is 1.76. The van der Waals surface area contributed by atoms with Gasteiger partial charge in [0.1, 0.15) is 0 Å². The molecule has 1 aliphatic heterocycles. The summed E-state index contributed by atoms with van der Waals surface area (Å²) in [7, 11) is 0. The van der Waals surface area contributed by atoms with Gasteiger partial charge >= 0.3 is 0 Å². The minimum absolute atomic E-state index is 1.05. The first-order valence-electron chi connectivity index (χ1n) is 4.21. The Hall–Kier alpha value is -0.530. The van der Waals surface area contributed by atoms with Crippen molar-refractivity contribution in [2.24, 2.45) is 5.10 Å². The van der Waals surface area contributed by atoms with Crippen LogP contribution in [0, 0.1) is 0 Å². The number of hydrogen-bond acceptors (Lipinski definition) is 2. The van der Waals surface area contributed by atoms with Crippen molar-refractivity contribution in [1.82, 2.24) is 5.01 Å². The van der Waals surface area contributed by atoms with Crippen molar-refractivity contribution in [2.45, 2.75) is 32.6 Å². The molecule has 0 aromatic rings. The molecule has 0 aromatic carbocycles. The molecule has 1 rings (SSSR count). The normalized spacial score (nSPS) is 20.3. The standard InChI is InChI=1S/C8H16N2/c1-2-6-9-10-7-4-3-5-8-10/h6H,2-5,7-8H2,1H3/b9-6+. The van der Waals surface area contributed by atoms with Crippen LogP contribution in [0.25, 0.3) is 0 Å². The van der Waals surface area contributed by atoms with E-state index in [-0.39, 0.29) is 0 Å². The second-order valence-corrected chi connectivity index (χ2v) is 2.72. The first-order chi connectivity index (χ1) is 4.93. The summed E-state index contributed by atoms with van der Waals surface area (Å²) >= 11 is 0. The Kier molecular flexibility index (Phi) is 3.27. The molecule has 0 spiro atoms. The molecule has 58 valence electrons. The van der Waals surface area contributed by atoms with Crippen molar-refractivity contribution in [3.63, 3.8) is 0 Å². The lowest BCUT2D eigenvalue weighted by Crippen LogP contribution is -2.24. The molecule has 0 bridgehead atoms. The van der Waals surface area contributed by atoms with Crippen LogP contribution >= 0.6 is 0 Å². The molecule has 0 unspecified atom stereocenters. The summed E-state index contributed by atoms with van der Waals surface area (Å²) in [6.45, 7) is 4.44. The highest BCUT2D eigenvalue weighted by Gasteiger charge is 2.05. The van der Waals surface area contributed by atoms with Gasteiger partial charge in [0.15, 0.2) is 0 Å².